The molecule has 96 valence electrons. The summed E-state index contributed by atoms with van der Waals surface area (Å²) in [6.45, 7) is 6.18. The smallest absolute Gasteiger partial charge is 0.250 e. The highest BCUT2D eigenvalue weighted by atomic mass is 16.1. The van der Waals surface area contributed by atoms with Crippen molar-refractivity contribution in [1.29, 1.82) is 0 Å². The summed E-state index contributed by atoms with van der Waals surface area (Å²) in [5, 5.41) is 3.36. The van der Waals surface area contributed by atoms with E-state index in [1.165, 1.54) is 0 Å². The Morgan fingerprint density at radius 2 is 2.11 bits per heavy atom. The molecule has 0 saturated heterocycles. The maximum atomic E-state index is 11.3. The lowest BCUT2D eigenvalue weighted by molar-refractivity contribution is 0.100. The number of rotatable bonds is 4. The zero-order valence-corrected chi connectivity index (χ0v) is 10.8. The normalized spacial score (nSPS) is 13.1. The Morgan fingerprint density at radius 1 is 1.39 bits per heavy atom. The van der Waals surface area contributed by atoms with Gasteiger partial charge in [0.25, 0.3) is 5.91 Å². The number of H-pyrrole nitrogens is 1. The van der Waals surface area contributed by atoms with Crippen molar-refractivity contribution < 1.29 is 4.79 Å². The molecule has 5 heteroatoms. The lowest BCUT2D eigenvalue weighted by Gasteiger charge is -2.13. The van der Waals surface area contributed by atoms with Gasteiger partial charge in [-0.25, -0.2) is 4.98 Å². The van der Waals surface area contributed by atoms with E-state index in [1.54, 1.807) is 12.1 Å². The molecule has 1 aromatic heterocycles. The van der Waals surface area contributed by atoms with Crippen molar-refractivity contribution in [2.24, 2.45) is 5.73 Å². The van der Waals surface area contributed by atoms with Crippen LogP contribution in [0.3, 0.4) is 0 Å². The standard InChI is InChI=1S/C13H18N4O/c1-7(2)15-8(3)13-16-10-6-4-5-9(12(14)18)11(10)17-13/h4-8,15H,1-3H3,(H2,14,18)(H,16,17). The van der Waals surface area contributed by atoms with E-state index in [9.17, 15) is 4.79 Å². The molecule has 1 atom stereocenters. The van der Waals surface area contributed by atoms with E-state index in [2.05, 4.69) is 29.1 Å². The van der Waals surface area contributed by atoms with Crippen LogP contribution in [0.15, 0.2) is 18.2 Å². The summed E-state index contributed by atoms with van der Waals surface area (Å²) in [6, 6.07) is 5.84. The summed E-state index contributed by atoms with van der Waals surface area (Å²) in [7, 11) is 0. The van der Waals surface area contributed by atoms with Gasteiger partial charge in [0.05, 0.1) is 17.1 Å². The number of hydrogen-bond acceptors (Lipinski definition) is 3. The zero-order valence-electron chi connectivity index (χ0n) is 10.8. The van der Waals surface area contributed by atoms with Crippen molar-refractivity contribution in [1.82, 2.24) is 15.3 Å². The molecule has 0 radical (unpaired) electrons. The highest BCUT2D eigenvalue weighted by Crippen LogP contribution is 2.19. The first-order chi connectivity index (χ1) is 8.49. The lowest BCUT2D eigenvalue weighted by atomic mass is 10.2. The van der Waals surface area contributed by atoms with E-state index in [1.807, 2.05) is 13.0 Å². The third-order valence-corrected chi connectivity index (χ3v) is 2.79. The van der Waals surface area contributed by atoms with Crippen LogP contribution in [-0.2, 0) is 0 Å². The number of primary amides is 1. The van der Waals surface area contributed by atoms with Gasteiger partial charge < -0.3 is 16.0 Å². The van der Waals surface area contributed by atoms with Crippen molar-refractivity contribution in [3.63, 3.8) is 0 Å². The number of para-hydroxylation sites is 1. The molecule has 0 fully saturated rings. The van der Waals surface area contributed by atoms with Crippen molar-refractivity contribution in [2.45, 2.75) is 32.9 Å². The van der Waals surface area contributed by atoms with Crippen LogP contribution in [0.1, 0.15) is 43.0 Å². The highest BCUT2D eigenvalue weighted by Gasteiger charge is 2.15. The number of nitrogens with two attached hydrogens (primary N) is 1. The Hall–Kier alpha value is -1.88. The van der Waals surface area contributed by atoms with Gasteiger partial charge in [0, 0.05) is 6.04 Å². The fourth-order valence-corrected chi connectivity index (χ4v) is 2.03. The van der Waals surface area contributed by atoms with Crippen LogP contribution in [0.4, 0.5) is 0 Å². The molecule has 0 aliphatic heterocycles. The molecule has 1 unspecified atom stereocenters. The average molecular weight is 246 g/mol. The van der Waals surface area contributed by atoms with E-state index in [-0.39, 0.29) is 6.04 Å². The monoisotopic (exact) mass is 246 g/mol. The van der Waals surface area contributed by atoms with Crippen molar-refractivity contribution >= 4 is 16.9 Å². The predicted molar refractivity (Wildman–Crippen MR) is 71.3 cm³/mol. The predicted octanol–water partition coefficient (Wildman–Crippen LogP) is 1.72. The number of benzene rings is 1. The Bertz CT molecular complexity index is 573. The van der Waals surface area contributed by atoms with Crippen LogP contribution in [0, 0.1) is 0 Å². The average Bonchev–Trinajstić information content (AvgIpc) is 2.70. The van der Waals surface area contributed by atoms with Crippen LogP contribution >= 0.6 is 0 Å². The maximum Gasteiger partial charge on any atom is 0.250 e. The molecular weight excluding hydrogens is 228 g/mol. The number of imidazole rings is 1. The van der Waals surface area contributed by atoms with E-state index < -0.39 is 5.91 Å². The van der Waals surface area contributed by atoms with Crippen molar-refractivity contribution in [3.8, 4) is 0 Å². The number of nitrogens with one attached hydrogen (secondary N) is 2. The third kappa shape index (κ3) is 2.36. The fraction of sp³-hybridized carbons (Fsp3) is 0.385. The minimum Gasteiger partial charge on any atom is -0.366 e. The minimum atomic E-state index is -0.455. The quantitative estimate of drug-likeness (QED) is 0.768. The largest absolute Gasteiger partial charge is 0.366 e. The van der Waals surface area contributed by atoms with Crippen molar-refractivity contribution in [3.05, 3.63) is 29.6 Å². The van der Waals surface area contributed by atoms with Gasteiger partial charge in [0.15, 0.2) is 0 Å². The lowest BCUT2D eigenvalue weighted by Crippen LogP contribution is -2.26. The molecule has 0 bridgehead atoms. The van der Waals surface area contributed by atoms with E-state index in [4.69, 9.17) is 5.73 Å². The number of hydrogen-bond donors (Lipinski definition) is 3. The number of carbonyl (C=O) groups excluding carboxylic acids is 1. The van der Waals surface area contributed by atoms with E-state index in [0.29, 0.717) is 17.1 Å². The molecule has 0 saturated carbocycles. The summed E-state index contributed by atoms with van der Waals surface area (Å²) in [4.78, 5) is 19.0. The summed E-state index contributed by atoms with van der Waals surface area (Å²) in [5.41, 5.74) is 7.26. The molecule has 5 nitrogen and oxygen atoms in total. The van der Waals surface area contributed by atoms with Gasteiger partial charge in [-0.1, -0.05) is 19.9 Å². The number of carbonyl (C=O) groups is 1. The SMILES string of the molecule is CC(C)NC(C)c1nc2c(C(N)=O)cccc2[nH]1. The summed E-state index contributed by atoms with van der Waals surface area (Å²) < 4.78 is 0. The van der Waals surface area contributed by atoms with Gasteiger partial charge in [-0.2, -0.15) is 0 Å². The molecule has 1 amide bonds. The molecule has 0 aliphatic carbocycles. The number of fused-ring (bicyclic) bond motifs is 1. The van der Waals surface area contributed by atoms with Crippen molar-refractivity contribution in [2.75, 3.05) is 0 Å². The molecule has 18 heavy (non-hydrogen) atoms. The number of aromatic nitrogens is 2. The molecule has 2 rings (SSSR count). The molecule has 0 aliphatic rings. The first-order valence-corrected chi connectivity index (χ1v) is 6.03. The van der Waals surface area contributed by atoms with E-state index in [0.717, 1.165) is 11.3 Å². The third-order valence-electron chi connectivity index (χ3n) is 2.79. The fourth-order valence-electron chi connectivity index (χ4n) is 2.03. The summed E-state index contributed by atoms with van der Waals surface area (Å²) >= 11 is 0. The Kier molecular flexibility index (Phi) is 3.34. The molecule has 1 aromatic carbocycles. The zero-order chi connectivity index (χ0) is 13.3. The second kappa shape index (κ2) is 4.78. The molecular formula is C13H18N4O. The molecule has 4 N–H and O–H groups in total. The maximum absolute atomic E-state index is 11.3. The second-order valence-corrected chi connectivity index (χ2v) is 4.73. The Labute approximate surface area is 106 Å². The van der Waals surface area contributed by atoms with E-state index >= 15 is 0 Å². The van der Waals surface area contributed by atoms with Crippen LogP contribution in [0.25, 0.3) is 11.0 Å². The first kappa shape index (κ1) is 12.6. The van der Waals surface area contributed by atoms with Gasteiger partial charge in [-0.3, -0.25) is 4.79 Å². The van der Waals surface area contributed by atoms with Gasteiger partial charge in [0.2, 0.25) is 0 Å². The summed E-state index contributed by atoms with van der Waals surface area (Å²) in [6.07, 6.45) is 0. The Balaban J connectivity index is 2.44. The highest BCUT2D eigenvalue weighted by molar-refractivity contribution is 6.04. The first-order valence-electron chi connectivity index (χ1n) is 6.03. The van der Waals surface area contributed by atoms with Crippen LogP contribution in [-0.4, -0.2) is 21.9 Å². The number of amides is 1. The van der Waals surface area contributed by atoms with Crippen LogP contribution < -0.4 is 11.1 Å². The number of nitrogens with zero attached hydrogens (tertiary/aromatic N) is 1. The molecule has 0 spiro atoms. The van der Waals surface area contributed by atoms with Gasteiger partial charge in [-0.05, 0) is 19.1 Å². The molecule has 2 aromatic rings. The van der Waals surface area contributed by atoms with Gasteiger partial charge in [0.1, 0.15) is 11.3 Å². The topological polar surface area (TPSA) is 83.8 Å². The summed E-state index contributed by atoms with van der Waals surface area (Å²) in [5.74, 6) is 0.357. The van der Waals surface area contributed by atoms with Crippen LogP contribution in [0.2, 0.25) is 0 Å². The second-order valence-electron chi connectivity index (χ2n) is 4.73. The molecule has 1 heterocycles. The minimum absolute atomic E-state index is 0.0955. The van der Waals surface area contributed by atoms with Crippen LogP contribution in [0.5, 0.6) is 0 Å². The number of aromatic amines is 1. The Morgan fingerprint density at radius 3 is 2.72 bits per heavy atom. The van der Waals surface area contributed by atoms with Gasteiger partial charge >= 0.3 is 0 Å². The van der Waals surface area contributed by atoms with Gasteiger partial charge in [-0.15, -0.1) is 0 Å².